The molecule has 0 unspecified atom stereocenters. The zero-order valence-electron chi connectivity index (χ0n) is 22.9. The van der Waals surface area contributed by atoms with Crippen LogP contribution in [0.25, 0.3) is 39.2 Å². The van der Waals surface area contributed by atoms with Gasteiger partial charge in [0.2, 0.25) is 0 Å². The highest BCUT2D eigenvalue weighted by Gasteiger charge is 2.21. The molecular formula is C30H37N9. The lowest BCUT2D eigenvalue weighted by molar-refractivity contribution is 0.312. The number of likely N-dealkylation sites (N-methyl/N-ethyl adjacent to an activating group) is 1. The van der Waals surface area contributed by atoms with Gasteiger partial charge in [0.1, 0.15) is 11.2 Å². The third-order valence-corrected chi connectivity index (χ3v) is 8.06. The monoisotopic (exact) mass is 523 g/mol. The summed E-state index contributed by atoms with van der Waals surface area (Å²) >= 11 is 0. The van der Waals surface area contributed by atoms with E-state index in [-0.39, 0.29) is 0 Å². The van der Waals surface area contributed by atoms with Crippen molar-refractivity contribution in [3.63, 3.8) is 0 Å². The highest BCUT2D eigenvalue weighted by atomic mass is 15.3. The molecule has 0 aromatic carbocycles. The van der Waals surface area contributed by atoms with Crippen LogP contribution in [0.15, 0.2) is 54.9 Å². The number of hydrogen-bond acceptors (Lipinski definition) is 7. The normalized spacial score (nSPS) is 18.4. The minimum atomic E-state index is 0.671. The second-order valence-corrected chi connectivity index (χ2v) is 10.7. The summed E-state index contributed by atoms with van der Waals surface area (Å²) < 4.78 is 0. The first-order valence-electron chi connectivity index (χ1n) is 14.0. The number of aromatic nitrogens is 6. The molecule has 2 aliphatic rings. The number of piperidine rings is 1. The van der Waals surface area contributed by atoms with E-state index in [1.165, 1.54) is 18.4 Å². The topological polar surface area (TPSA) is 102 Å². The Hall–Kier alpha value is -3.82. The Bertz CT molecular complexity index is 1530. The third-order valence-electron chi connectivity index (χ3n) is 8.06. The van der Waals surface area contributed by atoms with Crippen molar-refractivity contribution in [1.29, 1.82) is 0 Å². The number of nitrogens with zero attached hydrogens (tertiary/aromatic N) is 6. The molecule has 2 aliphatic heterocycles. The van der Waals surface area contributed by atoms with Gasteiger partial charge in [0.15, 0.2) is 17.3 Å². The molecule has 9 nitrogen and oxygen atoms in total. The van der Waals surface area contributed by atoms with Crippen LogP contribution < -0.4 is 10.2 Å². The van der Waals surface area contributed by atoms with Gasteiger partial charge >= 0.3 is 0 Å². The Morgan fingerprint density at radius 1 is 1.15 bits per heavy atom. The molecule has 0 bridgehead atoms. The van der Waals surface area contributed by atoms with Crippen LogP contribution in [0.5, 0.6) is 0 Å². The maximum Gasteiger partial charge on any atom is 0.181 e. The molecular weight excluding hydrogens is 486 g/mol. The second-order valence-electron chi connectivity index (χ2n) is 10.7. The lowest BCUT2D eigenvalue weighted by atomic mass is 9.89. The Kier molecular flexibility index (Phi) is 7.26. The average Bonchev–Trinajstić information content (AvgIpc) is 3.60. The number of nitrogens with one attached hydrogen (secondary N) is 3. The molecule has 2 fully saturated rings. The van der Waals surface area contributed by atoms with Gasteiger partial charge in [-0.2, -0.15) is 5.10 Å². The zero-order valence-corrected chi connectivity index (χ0v) is 22.9. The van der Waals surface area contributed by atoms with Gasteiger partial charge in [0.05, 0.1) is 10.9 Å². The van der Waals surface area contributed by atoms with Gasteiger partial charge in [-0.15, -0.1) is 0 Å². The molecule has 6 heterocycles. The molecule has 0 amide bonds. The van der Waals surface area contributed by atoms with Crippen LogP contribution in [0, 0.1) is 5.92 Å². The Morgan fingerprint density at radius 2 is 1.97 bits per heavy atom. The van der Waals surface area contributed by atoms with Crippen molar-refractivity contribution in [2.45, 2.75) is 26.2 Å². The number of allylic oxidation sites excluding steroid dienone is 5. The number of H-pyrrole nitrogens is 2. The second kappa shape index (κ2) is 11.1. The van der Waals surface area contributed by atoms with Crippen LogP contribution in [0.4, 0.5) is 5.82 Å². The van der Waals surface area contributed by atoms with Gasteiger partial charge < -0.3 is 20.1 Å². The lowest BCUT2D eigenvalue weighted by Crippen LogP contribution is -2.44. The Balaban J connectivity index is 1.32. The summed E-state index contributed by atoms with van der Waals surface area (Å²) in [5.74, 6) is 2.37. The highest BCUT2D eigenvalue weighted by molar-refractivity contribution is 5.95. The van der Waals surface area contributed by atoms with Crippen LogP contribution in [0.1, 0.15) is 31.7 Å². The van der Waals surface area contributed by atoms with Gasteiger partial charge in [-0.3, -0.25) is 5.10 Å². The maximum absolute atomic E-state index is 5.00. The van der Waals surface area contributed by atoms with Crippen LogP contribution >= 0.6 is 0 Å². The third kappa shape index (κ3) is 5.24. The van der Waals surface area contributed by atoms with Gasteiger partial charge in [-0.1, -0.05) is 24.8 Å². The summed E-state index contributed by atoms with van der Waals surface area (Å²) in [6.45, 7) is 12.3. The highest BCUT2D eigenvalue weighted by Crippen LogP contribution is 2.31. The molecule has 4 aromatic rings. The predicted octanol–water partition coefficient (Wildman–Crippen LogP) is 4.55. The SMILES string of the molecule is C=C/C(=C\C(=C/C)c1cnc2n[nH]c(-c3nc4c(N5CCN(C)CC5)nccc4[nH]3)c2c1)CC1CCNCC1. The number of fused-ring (bicyclic) bond motifs is 2. The summed E-state index contributed by atoms with van der Waals surface area (Å²) in [7, 11) is 2.16. The van der Waals surface area contributed by atoms with Gasteiger partial charge in [0, 0.05) is 44.1 Å². The minimum Gasteiger partial charge on any atom is -0.352 e. The first kappa shape index (κ1) is 25.5. The molecule has 0 aliphatic carbocycles. The van der Waals surface area contributed by atoms with Crippen molar-refractivity contribution in [2.24, 2.45) is 5.92 Å². The number of pyridine rings is 2. The molecule has 202 valence electrons. The maximum atomic E-state index is 5.00. The summed E-state index contributed by atoms with van der Waals surface area (Å²) in [5.41, 5.74) is 6.80. The molecule has 0 spiro atoms. The fourth-order valence-electron chi connectivity index (χ4n) is 5.68. The Morgan fingerprint density at radius 3 is 2.74 bits per heavy atom. The minimum absolute atomic E-state index is 0.671. The number of piperazine rings is 1. The molecule has 39 heavy (non-hydrogen) atoms. The quantitative estimate of drug-likeness (QED) is 0.305. The van der Waals surface area contributed by atoms with Gasteiger partial charge in [-0.05, 0) is 75.5 Å². The van der Waals surface area contributed by atoms with E-state index in [2.05, 4.69) is 74.1 Å². The molecule has 3 N–H and O–H groups in total. The van der Waals surface area contributed by atoms with E-state index in [9.17, 15) is 0 Å². The van der Waals surface area contributed by atoms with E-state index in [4.69, 9.17) is 9.97 Å². The van der Waals surface area contributed by atoms with E-state index in [1.807, 2.05) is 24.5 Å². The van der Waals surface area contributed by atoms with Gasteiger partial charge in [0.25, 0.3) is 0 Å². The first-order chi connectivity index (χ1) is 19.1. The number of aromatic amines is 2. The molecule has 0 radical (unpaired) electrons. The van der Waals surface area contributed by atoms with Crippen LogP contribution in [0.2, 0.25) is 0 Å². The smallest absolute Gasteiger partial charge is 0.181 e. The molecule has 9 heteroatoms. The van der Waals surface area contributed by atoms with Crippen molar-refractivity contribution >= 4 is 33.5 Å². The summed E-state index contributed by atoms with van der Waals surface area (Å²) in [4.78, 5) is 22.5. The molecule has 6 rings (SSSR count). The van der Waals surface area contributed by atoms with Gasteiger partial charge in [-0.25, -0.2) is 15.0 Å². The van der Waals surface area contributed by atoms with Crippen LogP contribution in [0.3, 0.4) is 0 Å². The van der Waals surface area contributed by atoms with Crippen molar-refractivity contribution in [2.75, 3.05) is 51.2 Å². The number of anilines is 1. The molecule has 4 aromatic heterocycles. The fourth-order valence-corrected chi connectivity index (χ4v) is 5.68. The number of rotatable bonds is 7. The van der Waals surface area contributed by atoms with Crippen molar-refractivity contribution in [3.05, 3.63) is 60.5 Å². The van der Waals surface area contributed by atoms with E-state index >= 15 is 0 Å². The first-order valence-corrected chi connectivity index (χ1v) is 14.0. The molecule has 2 saturated heterocycles. The van der Waals surface area contributed by atoms with Crippen LogP contribution in [-0.2, 0) is 0 Å². The fraction of sp³-hybridized carbons (Fsp3) is 0.400. The van der Waals surface area contributed by atoms with Crippen molar-refractivity contribution < 1.29 is 0 Å². The van der Waals surface area contributed by atoms with Crippen molar-refractivity contribution in [3.8, 4) is 11.5 Å². The largest absolute Gasteiger partial charge is 0.352 e. The zero-order chi connectivity index (χ0) is 26.8. The number of hydrogen-bond donors (Lipinski definition) is 3. The van der Waals surface area contributed by atoms with E-state index in [0.29, 0.717) is 11.6 Å². The van der Waals surface area contributed by atoms with Crippen molar-refractivity contribution in [1.82, 2.24) is 40.3 Å². The average molecular weight is 524 g/mol. The summed E-state index contributed by atoms with van der Waals surface area (Å²) in [5, 5.41) is 12.1. The number of imidazole rings is 1. The van der Waals surface area contributed by atoms with E-state index in [0.717, 1.165) is 90.6 Å². The van der Waals surface area contributed by atoms with Crippen LogP contribution in [-0.4, -0.2) is 81.3 Å². The summed E-state index contributed by atoms with van der Waals surface area (Å²) in [6, 6.07) is 4.14. The predicted molar refractivity (Wildman–Crippen MR) is 159 cm³/mol. The van der Waals surface area contributed by atoms with E-state index < -0.39 is 0 Å². The van der Waals surface area contributed by atoms with E-state index in [1.54, 1.807) is 0 Å². The lowest BCUT2D eigenvalue weighted by Gasteiger charge is -2.33. The standard InChI is InChI=1S/C30H37N9/c1-4-20(16-21-6-9-31-10-7-21)17-22(5-2)23-18-24-26(36-37-28(24)33-19-23)29-34-25-8-11-32-30(27(25)35-29)39-14-12-38(3)13-15-39/h4-5,8,11,17-19,21,31H,1,6-7,9-10,12-16H2,2-3H3,(H,34,35)(H,33,36,37)/b20-17+,22-5+. The summed E-state index contributed by atoms with van der Waals surface area (Å²) in [6.07, 6.45) is 13.6. The molecule has 0 atom stereocenters. The Labute approximate surface area is 229 Å². The molecule has 0 saturated carbocycles.